The first-order valence-electron chi connectivity index (χ1n) is 10.6. The first-order chi connectivity index (χ1) is 15.0. The lowest BCUT2D eigenvalue weighted by molar-refractivity contribution is 0.0928. The van der Waals surface area contributed by atoms with E-state index in [0.29, 0.717) is 5.56 Å². The molecule has 1 aliphatic heterocycles. The molecule has 1 aliphatic rings. The van der Waals surface area contributed by atoms with Gasteiger partial charge in [0, 0.05) is 37.7 Å². The van der Waals surface area contributed by atoms with Gasteiger partial charge in [-0.2, -0.15) is 0 Å². The highest BCUT2D eigenvalue weighted by molar-refractivity contribution is 5.95. The van der Waals surface area contributed by atoms with Crippen LogP contribution >= 0.6 is 0 Å². The Labute approximate surface area is 181 Å². The number of nitrogens with one attached hydrogen (secondary N) is 1. The van der Waals surface area contributed by atoms with Crippen molar-refractivity contribution in [2.24, 2.45) is 0 Å². The molecule has 7 nitrogen and oxygen atoms in total. The Morgan fingerprint density at radius 2 is 1.87 bits per heavy atom. The molecule has 4 rings (SSSR count). The van der Waals surface area contributed by atoms with Gasteiger partial charge in [-0.25, -0.2) is 4.98 Å². The van der Waals surface area contributed by atoms with E-state index in [0.717, 1.165) is 37.3 Å². The molecule has 0 bridgehead atoms. The van der Waals surface area contributed by atoms with Crippen molar-refractivity contribution in [2.45, 2.75) is 38.8 Å². The second-order valence-electron chi connectivity index (χ2n) is 7.97. The number of anilines is 1. The minimum absolute atomic E-state index is 0.0272. The number of piperidine rings is 1. The highest BCUT2D eigenvalue weighted by atomic mass is 16.2. The second kappa shape index (κ2) is 9.12. The molecular weight excluding hydrogens is 390 g/mol. The van der Waals surface area contributed by atoms with E-state index >= 15 is 0 Å². The van der Waals surface area contributed by atoms with Gasteiger partial charge in [0.2, 0.25) is 0 Å². The lowest BCUT2D eigenvalue weighted by atomic mass is 10.0. The molecule has 0 aliphatic carbocycles. The van der Waals surface area contributed by atoms with Crippen LogP contribution in [0.3, 0.4) is 0 Å². The largest absolute Gasteiger partial charge is 0.355 e. The summed E-state index contributed by atoms with van der Waals surface area (Å²) in [5.41, 5.74) is 1.68. The van der Waals surface area contributed by atoms with E-state index in [9.17, 15) is 9.59 Å². The van der Waals surface area contributed by atoms with Crippen molar-refractivity contribution >= 4 is 11.7 Å². The van der Waals surface area contributed by atoms with Crippen molar-refractivity contribution in [3.63, 3.8) is 0 Å². The molecule has 0 saturated carbocycles. The summed E-state index contributed by atoms with van der Waals surface area (Å²) in [5, 5.41) is 3.08. The van der Waals surface area contributed by atoms with Crippen molar-refractivity contribution in [1.82, 2.24) is 19.9 Å². The van der Waals surface area contributed by atoms with Gasteiger partial charge < -0.3 is 14.8 Å². The Bertz CT molecular complexity index is 1090. The summed E-state index contributed by atoms with van der Waals surface area (Å²) in [5.74, 6) is 0.555. The Morgan fingerprint density at radius 1 is 1.13 bits per heavy atom. The molecule has 160 valence electrons. The monoisotopic (exact) mass is 417 g/mol. The number of pyridine rings is 1. The van der Waals surface area contributed by atoms with Crippen LogP contribution in [-0.4, -0.2) is 39.6 Å². The summed E-state index contributed by atoms with van der Waals surface area (Å²) in [6.07, 6.45) is 8.45. The normalized spacial score (nSPS) is 15.5. The standard InChI is InChI=1S/C24H27N5O2/c1-17-8-15-29(18(2)19-6-4-3-5-7-19)24(31)22(17)23(30)27-20-9-13-28(14-10-20)21-16-25-11-12-26-21/h3-8,11-12,15-16,18,20H,9-10,13-14H2,1-2H3,(H,27,30). The van der Waals surface area contributed by atoms with E-state index in [1.54, 1.807) is 29.4 Å². The maximum Gasteiger partial charge on any atom is 0.264 e. The fourth-order valence-electron chi connectivity index (χ4n) is 4.08. The number of hydrogen-bond acceptors (Lipinski definition) is 5. The highest BCUT2D eigenvalue weighted by Gasteiger charge is 2.25. The predicted octanol–water partition coefficient (Wildman–Crippen LogP) is 2.95. The van der Waals surface area contributed by atoms with Gasteiger partial charge in [-0.3, -0.25) is 14.6 Å². The number of hydrogen-bond donors (Lipinski definition) is 1. The molecule has 31 heavy (non-hydrogen) atoms. The van der Waals surface area contributed by atoms with Crippen molar-refractivity contribution in [3.05, 3.63) is 88.2 Å². The molecule has 3 heterocycles. The number of aryl methyl sites for hydroxylation is 1. The van der Waals surface area contributed by atoms with Crippen LogP contribution in [0.5, 0.6) is 0 Å². The van der Waals surface area contributed by atoms with Gasteiger partial charge in [-0.05, 0) is 43.9 Å². The Morgan fingerprint density at radius 3 is 2.55 bits per heavy atom. The topological polar surface area (TPSA) is 80.1 Å². The zero-order valence-corrected chi connectivity index (χ0v) is 17.9. The van der Waals surface area contributed by atoms with E-state index in [2.05, 4.69) is 20.2 Å². The predicted molar refractivity (Wildman–Crippen MR) is 120 cm³/mol. The molecule has 0 radical (unpaired) electrons. The van der Waals surface area contributed by atoms with E-state index < -0.39 is 0 Å². The second-order valence-corrected chi connectivity index (χ2v) is 7.97. The fraction of sp³-hybridized carbons (Fsp3) is 0.333. The third kappa shape index (κ3) is 4.50. The van der Waals surface area contributed by atoms with Gasteiger partial charge in [0.1, 0.15) is 11.4 Å². The van der Waals surface area contributed by atoms with Crippen LogP contribution in [0.25, 0.3) is 0 Å². The van der Waals surface area contributed by atoms with Crippen LogP contribution < -0.4 is 15.8 Å². The Hall–Kier alpha value is -3.48. The van der Waals surface area contributed by atoms with Gasteiger partial charge in [0.25, 0.3) is 11.5 Å². The molecule has 0 spiro atoms. The number of carbonyl (C=O) groups excluding carboxylic acids is 1. The zero-order chi connectivity index (χ0) is 21.8. The number of rotatable bonds is 5. The van der Waals surface area contributed by atoms with Crippen LogP contribution in [0.1, 0.15) is 47.3 Å². The summed E-state index contributed by atoms with van der Waals surface area (Å²) in [6, 6.07) is 11.5. The molecule has 2 aromatic heterocycles. The Balaban J connectivity index is 1.47. The van der Waals surface area contributed by atoms with Gasteiger partial charge in [0.05, 0.1) is 12.2 Å². The molecule has 1 amide bonds. The van der Waals surface area contributed by atoms with E-state index in [1.807, 2.05) is 50.2 Å². The third-order valence-corrected chi connectivity index (χ3v) is 5.96. The number of carbonyl (C=O) groups is 1. The lowest BCUT2D eigenvalue weighted by Gasteiger charge is -2.33. The number of nitrogens with zero attached hydrogens (tertiary/aromatic N) is 4. The highest BCUT2D eigenvalue weighted by Crippen LogP contribution is 2.18. The zero-order valence-electron chi connectivity index (χ0n) is 17.9. The summed E-state index contributed by atoms with van der Waals surface area (Å²) in [4.78, 5) is 36.9. The van der Waals surface area contributed by atoms with Gasteiger partial charge in [-0.15, -0.1) is 0 Å². The quantitative estimate of drug-likeness (QED) is 0.690. The third-order valence-electron chi connectivity index (χ3n) is 5.96. The van der Waals surface area contributed by atoms with E-state index in [4.69, 9.17) is 0 Å². The van der Waals surface area contributed by atoms with Crippen LogP contribution in [-0.2, 0) is 0 Å². The lowest BCUT2D eigenvalue weighted by Crippen LogP contribution is -2.46. The summed E-state index contributed by atoms with van der Waals surface area (Å²) in [6.45, 7) is 5.35. The molecule has 1 saturated heterocycles. The average molecular weight is 418 g/mol. The Kier molecular flexibility index (Phi) is 6.11. The van der Waals surface area contributed by atoms with Crippen LogP contribution in [0.4, 0.5) is 5.82 Å². The van der Waals surface area contributed by atoms with Crippen molar-refractivity contribution in [1.29, 1.82) is 0 Å². The smallest absolute Gasteiger partial charge is 0.264 e. The van der Waals surface area contributed by atoms with E-state index in [1.165, 1.54) is 0 Å². The number of benzene rings is 1. The molecule has 3 aromatic rings. The molecule has 1 aromatic carbocycles. The molecule has 1 unspecified atom stereocenters. The van der Waals surface area contributed by atoms with Crippen LogP contribution in [0.2, 0.25) is 0 Å². The fourth-order valence-corrected chi connectivity index (χ4v) is 4.08. The molecule has 1 atom stereocenters. The average Bonchev–Trinajstić information content (AvgIpc) is 2.80. The minimum atomic E-state index is -0.296. The van der Waals surface area contributed by atoms with Crippen LogP contribution in [0, 0.1) is 6.92 Å². The van der Waals surface area contributed by atoms with Crippen molar-refractivity contribution in [2.75, 3.05) is 18.0 Å². The van der Waals surface area contributed by atoms with Gasteiger partial charge >= 0.3 is 0 Å². The molecule has 7 heteroatoms. The molecule has 1 N–H and O–H groups in total. The minimum Gasteiger partial charge on any atom is -0.355 e. The summed E-state index contributed by atoms with van der Waals surface area (Å²) < 4.78 is 1.63. The van der Waals surface area contributed by atoms with Gasteiger partial charge in [-0.1, -0.05) is 30.3 Å². The van der Waals surface area contributed by atoms with E-state index in [-0.39, 0.29) is 29.1 Å². The molecular formula is C24H27N5O2. The number of amides is 1. The first kappa shape index (κ1) is 20.8. The first-order valence-corrected chi connectivity index (χ1v) is 10.6. The number of aromatic nitrogens is 3. The van der Waals surface area contributed by atoms with Crippen molar-refractivity contribution in [3.8, 4) is 0 Å². The summed E-state index contributed by atoms with van der Waals surface area (Å²) in [7, 11) is 0. The molecule has 1 fully saturated rings. The SMILES string of the molecule is Cc1ccn(C(C)c2ccccc2)c(=O)c1C(=O)NC1CCN(c2cnccn2)CC1. The van der Waals surface area contributed by atoms with Crippen molar-refractivity contribution < 1.29 is 4.79 Å². The maximum atomic E-state index is 13.2. The van der Waals surface area contributed by atoms with Crippen LogP contribution in [0.15, 0.2) is 66.0 Å². The maximum absolute atomic E-state index is 13.2. The summed E-state index contributed by atoms with van der Waals surface area (Å²) >= 11 is 0. The van der Waals surface area contributed by atoms with Gasteiger partial charge in [0.15, 0.2) is 0 Å².